The zero-order valence-corrected chi connectivity index (χ0v) is 18.5. The predicted octanol–water partition coefficient (Wildman–Crippen LogP) is 1.71. The minimum absolute atomic E-state index is 0.0551. The summed E-state index contributed by atoms with van der Waals surface area (Å²) in [5, 5.41) is -0.577. The molecule has 0 aliphatic carbocycles. The summed E-state index contributed by atoms with van der Waals surface area (Å²) >= 11 is 5.81. The van der Waals surface area contributed by atoms with Crippen molar-refractivity contribution in [1.29, 1.82) is 0 Å². The van der Waals surface area contributed by atoms with Crippen LogP contribution in [0.2, 0.25) is 5.02 Å². The van der Waals surface area contributed by atoms with Crippen LogP contribution < -0.4 is 20.7 Å². The maximum absolute atomic E-state index is 14.5. The van der Waals surface area contributed by atoms with Gasteiger partial charge in [-0.15, -0.1) is 0 Å². The molecule has 1 aromatic carbocycles. The fourth-order valence-electron chi connectivity index (χ4n) is 2.61. The number of nitrogens with zero attached hydrogens (tertiary/aromatic N) is 2. The Labute approximate surface area is 183 Å². The second-order valence-corrected chi connectivity index (χ2v) is 9.44. The van der Waals surface area contributed by atoms with Gasteiger partial charge in [0.15, 0.2) is 0 Å². The number of hydrogen-bond donors (Lipinski definition) is 2. The van der Waals surface area contributed by atoms with E-state index in [1.165, 1.54) is 20.8 Å². The summed E-state index contributed by atoms with van der Waals surface area (Å²) in [5.74, 6) is -2.66. The third kappa shape index (κ3) is 5.55. The van der Waals surface area contributed by atoms with E-state index < -0.39 is 66.9 Å². The molecule has 0 bridgehead atoms. The van der Waals surface area contributed by atoms with Gasteiger partial charge in [0.1, 0.15) is 11.5 Å². The Bertz CT molecular complexity index is 1310. The molecule has 15 heteroatoms. The van der Waals surface area contributed by atoms with Crippen molar-refractivity contribution in [1.82, 2.24) is 18.6 Å². The minimum atomic E-state index is -5.04. The van der Waals surface area contributed by atoms with E-state index in [0.29, 0.717) is 19.2 Å². The van der Waals surface area contributed by atoms with Crippen molar-refractivity contribution in [2.45, 2.75) is 32.5 Å². The number of carbonyl (C=O) groups is 1. The molecule has 0 atom stereocenters. The summed E-state index contributed by atoms with van der Waals surface area (Å²) in [6.45, 7) is 4.48. The van der Waals surface area contributed by atoms with Crippen LogP contribution in [0.15, 0.2) is 27.8 Å². The molecule has 0 saturated heterocycles. The molecule has 0 aliphatic rings. The molecule has 9 nitrogen and oxygen atoms in total. The summed E-state index contributed by atoms with van der Waals surface area (Å²) in [6.07, 6.45) is -5.04. The lowest BCUT2D eigenvalue weighted by atomic mass is 10.1. The summed E-state index contributed by atoms with van der Waals surface area (Å²) < 4.78 is 81.5. The molecule has 0 aliphatic heterocycles. The second-order valence-electron chi connectivity index (χ2n) is 7.61. The first-order valence-electron chi connectivity index (χ1n) is 8.60. The highest BCUT2D eigenvalue weighted by Crippen LogP contribution is 2.27. The molecule has 1 amide bonds. The SMILES string of the molecule is Cn1c(C(F)(F)F)cc(=O)n(-c2cc(C(=O)NS(=O)(=O)NC(C)(C)C)c(Cl)cc2F)c1=O. The molecule has 176 valence electrons. The van der Waals surface area contributed by atoms with E-state index in [4.69, 9.17) is 11.6 Å². The van der Waals surface area contributed by atoms with Crippen LogP contribution in [0.4, 0.5) is 17.6 Å². The van der Waals surface area contributed by atoms with E-state index in [0.717, 1.165) is 0 Å². The van der Waals surface area contributed by atoms with Crippen molar-refractivity contribution in [2.24, 2.45) is 7.05 Å². The standard InChI is InChI=1S/C17H17ClF4N4O5S/c1-16(2,3)24-32(30,31)23-14(28)8-5-11(10(19)6-9(8)18)26-13(27)7-12(17(20,21)22)25(4)15(26)29/h5-7,24H,1-4H3,(H,23,28). The molecule has 0 unspecified atom stereocenters. The van der Waals surface area contributed by atoms with Crippen LogP contribution in [0.5, 0.6) is 0 Å². The van der Waals surface area contributed by atoms with Crippen molar-refractivity contribution in [3.8, 4) is 5.69 Å². The molecule has 32 heavy (non-hydrogen) atoms. The number of rotatable bonds is 4. The summed E-state index contributed by atoms with van der Waals surface area (Å²) in [5.41, 5.74) is -7.19. The largest absolute Gasteiger partial charge is 0.431 e. The molecule has 0 radical (unpaired) electrons. The summed E-state index contributed by atoms with van der Waals surface area (Å²) in [4.78, 5) is 37.0. The van der Waals surface area contributed by atoms with Gasteiger partial charge in [0, 0.05) is 18.7 Å². The van der Waals surface area contributed by atoms with E-state index in [9.17, 15) is 40.4 Å². The Morgan fingerprint density at radius 1 is 1.09 bits per heavy atom. The Kier molecular flexibility index (Phi) is 6.65. The number of carbonyl (C=O) groups excluding carboxylic acids is 1. The van der Waals surface area contributed by atoms with Crippen molar-refractivity contribution >= 4 is 27.7 Å². The van der Waals surface area contributed by atoms with E-state index in [-0.39, 0.29) is 15.2 Å². The van der Waals surface area contributed by atoms with Crippen LogP contribution in [-0.4, -0.2) is 29.0 Å². The van der Waals surface area contributed by atoms with Crippen LogP contribution in [0.1, 0.15) is 36.8 Å². The van der Waals surface area contributed by atoms with E-state index in [2.05, 4.69) is 4.72 Å². The van der Waals surface area contributed by atoms with Crippen LogP contribution in [0.3, 0.4) is 0 Å². The fraction of sp³-hybridized carbons (Fsp3) is 0.353. The quantitative estimate of drug-likeness (QED) is 0.619. The molecular weight excluding hydrogens is 484 g/mol. The van der Waals surface area contributed by atoms with Gasteiger partial charge in [-0.05, 0) is 32.9 Å². The first-order valence-corrected chi connectivity index (χ1v) is 10.5. The van der Waals surface area contributed by atoms with Gasteiger partial charge in [-0.25, -0.2) is 18.5 Å². The number of alkyl halides is 3. The Morgan fingerprint density at radius 3 is 2.16 bits per heavy atom. The highest BCUT2D eigenvalue weighted by atomic mass is 35.5. The van der Waals surface area contributed by atoms with Crippen molar-refractivity contribution in [3.05, 3.63) is 61.1 Å². The third-order valence-corrected chi connectivity index (χ3v) is 5.45. The van der Waals surface area contributed by atoms with E-state index >= 15 is 0 Å². The molecular formula is C17H17ClF4N4O5S. The first-order chi connectivity index (χ1) is 14.3. The number of hydrogen-bond acceptors (Lipinski definition) is 5. The average Bonchev–Trinajstić information content (AvgIpc) is 2.56. The number of nitrogens with one attached hydrogen (secondary N) is 2. The minimum Gasteiger partial charge on any atom is -0.292 e. The van der Waals surface area contributed by atoms with Gasteiger partial charge in [-0.2, -0.15) is 26.3 Å². The topological polar surface area (TPSA) is 119 Å². The van der Waals surface area contributed by atoms with Gasteiger partial charge < -0.3 is 0 Å². The number of aromatic nitrogens is 2. The number of amides is 1. The van der Waals surface area contributed by atoms with Crippen LogP contribution in [-0.2, 0) is 23.4 Å². The van der Waals surface area contributed by atoms with Crippen LogP contribution >= 0.6 is 11.6 Å². The van der Waals surface area contributed by atoms with Gasteiger partial charge in [-0.3, -0.25) is 14.2 Å². The van der Waals surface area contributed by atoms with Crippen molar-refractivity contribution in [2.75, 3.05) is 0 Å². The smallest absolute Gasteiger partial charge is 0.292 e. The molecule has 2 rings (SSSR count). The third-order valence-electron chi connectivity index (χ3n) is 3.80. The average molecular weight is 501 g/mol. The van der Waals surface area contributed by atoms with E-state index in [1.807, 2.05) is 0 Å². The zero-order valence-electron chi connectivity index (χ0n) is 17.0. The van der Waals surface area contributed by atoms with E-state index in [1.54, 1.807) is 4.72 Å². The Morgan fingerprint density at radius 2 is 1.66 bits per heavy atom. The maximum Gasteiger partial charge on any atom is 0.431 e. The molecule has 0 fully saturated rings. The van der Waals surface area contributed by atoms with Gasteiger partial charge >= 0.3 is 22.1 Å². The first kappa shape index (κ1) is 25.5. The lowest BCUT2D eigenvalue weighted by Crippen LogP contribution is -2.48. The molecule has 1 heterocycles. The van der Waals surface area contributed by atoms with Gasteiger partial charge in [0.2, 0.25) is 0 Å². The van der Waals surface area contributed by atoms with Crippen LogP contribution in [0.25, 0.3) is 5.69 Å². The summed E-state index contributed by atoms with van der Waals surface area (Å²) in [6, 6.07) is 1.17. The van der Waals surface area contributed by atoms with Crippen molar-refractivity contribution < 1.29 is 30.8 Å². The highest BCUT2D eigenvalue weighted by molar-refractivity contribution is 7.88. The fourth-order valence-corrected chi connectivity index (χ4v) is 4.06. The lowest BCUT2D eigenvalue weighted by Gasteiger charge is -2.20. The molecule has 0 spiro atoms. The normalized spacial score (nSPS) is 12.7. The van der Waals surface area contributed by atoms with Gasteiger partial charge in [0.05, 0.1) is 16.3 Å². The monoisotopic (exact) mass is 500 g/mol. The lowest BCUT2D eigenvalue weighted by molar-refractivity contribution is -0.144. The number of halogens is 5. The van der Waals surface area contributed by atoms with Crippen LogP contribution in [0, 0.1) is 5.82 Å². The van der Waals surface area contributed by atoms with Gasteiger partial charge in [0.25, 0.3) is 11.5 Å². The second kappa shape index (κ2) is 8.33. The van der Waals surface area contributed by atoms with Gasteiger partial charge in [-0.1, -0.05) is 11.6 Å². The molecule has 0 saturated carbocycles. The highest BCUT2D eigenvalue weighted by Gasteiger charge is 2.35. The molecule has 2 N–H and O–H groups in total. The Hall–Kier alpha value is -2.71. The molecule has 1 aromatic heterocycles. The number of benzene rings is 1. The summed E-state index contributed by atoms with van der Waals surface area (Å²) in [7, 11) is -3.68. The molecule has 2 aromatic rings. The van der Waals surface area contributed by atoms with Crippen molar-refractivity contribution in [3.63, 3.8) is 0 Å². The zero-order chi connectivity index (χ0) is 24.8. The Balaban J connectivity index is 2.65. The maximum atomic E-state index is 14.5. The predicted molar refractivity (Wildman–Crippen MR) is 107 cm³/mol.